The van der Waals surface area contributed by atoms with Gasteiger partial charge in [0.15, 0.2) is 0 Å². The van der Waals surface area contributed by atoms with E-state index in [2.05, 4.69) is 15.4 Å². The monoisotopic (exact) mass is 270 g/mol. The Labute approximate surface area is 110 Å². The maximum Gasteiger partial charge on any atom is 0.407 e. The number of amides is 2. The summed E-state index contributed by atoms with van der Waals surface area (Å²) in [5.41, 5.74) is 0.823. The third-order valence-electron chi connectivity index (χ3n) is 2.10. The van der Waals surface area contributed by atoms with Crippen molar-refractivity contribution in [1.29, 1.82) is 0 Å². The summed E-state index contributed by atoms with van der Waals surface area (Å²) in [6.45, 7) is 2.16. The van der Waals surface area contributed by atoms with Gasteiger partial charge in [-0.1, -0.05) is 29.8 Å². The molecule has 0 fully saturated rings. The van der Waals surface area contributed by atoms with Crippen molar-refractivity contribution in [1.82, 2.24) is 10.6 Å². The van der Waals surface area contributed by atoms with E-state index >= 15 is 0 Å². The number of rotatable bonds is 5. The van der Waals surface area contributed by atoms with E-state index in [0.717, 1.165) is 5.56 Å². The average molecular weight is 271 g/mol. The number of carbonyl (C=O) groups is 2. The molecule has 0 aliphatic heterocycles. The smallest absolute Gasteiger partial charge is 0.407 e. The molecule has 1 rings (SSSR count). The quantitative estimate of drug-likeness (QED) is 0.856. The molecule has 18 heavy (non-hydrogen) atoms. The highest BCUT2D eigenvalue weighted by Crippen LogP contribution is 2.13. The van der Waals surface area contributed by atoms with Crippen LogP contribution in [0.4, 0.5) is 4.79 Å². The number of carbonyl (C=O) groups excluding carboxylic acids is 2. The molecule has 0 saturated carbocycles. The average Bonchev–Trinajstić information content (AvgIpc) is 2.36. The van der Waals surface area contributed by atoms with E-state index < -0.39 is 6.09 Å². The van der Waals surface area contributed by atoms with Crippen LogP contribution in [0.1, 0.15) is 12.5 Å². The maximum absolute atomic E-state index is 11.4. The number of nitrogens with one attached hydrogen (secondary N) is 2. The van der Waals surface area contributed by atoms with Crippen molar-refractivity contribution in [3.05, 3.63) is 34.9 Å². The lowest BCUT2D eigenvalue weighted by atomic mass is 10.2. The summed E-state index contributed by atoms with van der Waals surface area (Å²) in [5.74, 6) is -0.303. The third-order valence-corrected chi connectivity index (χ3v) is 2.47. The van der Waals surface area contributed by atoms with E-state index in [1.165, 1.54) is 0 Å². The molecule has 0 spiro atoms. The Morgan fingerprint density at radius 2 is 2.00 bits per heavy atom. The lowest BCUT2D eigenvalue weighted by molar-refractivity contribution is -0.120. The van der Waals surface area contributed by atoms with Gasteiger partial charge in [-0.25, -0.2) is 4.79 Å². The molecule has 0 bridgehead atoms. The molecule has 0 aromatic heterocycles. The molecule has 0 radical (unpaired) electrons. The van der Waals surface area contributed by atoms with Crippen LogP contribution in [-0.2, 0) is 16.1 Å². The zero-order valence-corrected chi connectivity index (χ0v) is 10.8. The van der Waals surface area contributed by atoms with Gasteiger partial charge in [-0.15, -0.1) is 0 Å². The standard InChI is InChI=1S/C12H15ClN2O3/c1-2-18-12(17)15-8-11(16)14-7-9-5-3-4-6-10(9)13/h3-6H,2,7-8H2,1H3,(H,14,16)(H,15,17). The Balaban J connectivity index is 2.29. The number of ether oxygens (including phenoxy) is 1. The van der Waals surface area contributed by atoms with E-state index in [9.17, 15) is 9.59 Å². The molecule has 1 aromatic carbocycles. The zero-order chi connectivity index (χ0) is 13.4. The topological polar surface area (TPSA) is 67.4 Å². The summed E-state index contributed by atoms with van der Waals surface area (Å²) < 4.78 is 4.62. The first kappa shape index (κ1) is 14.3. The van der Waals surface area contributed by atoms with Crippen LogP contribution < -0.4 is 10.6 Å². The van der Waals surface area contributed by atoms with Crippen molar-refractivity contribution >= 4 is 23.6 Å². The number of alkyl carbamates (subject to hydrolysis) is 1. The molecule has 0 atom stereocenters. The minimum absolute atomic E-state index is 0.122. The predicted octanol–water partition coefficient (Wildman–Crippen LogP) is 1.70. The van der Waals surface area contributed by atoms with Crippen LogP contribution in [-0.4, -0.2) is 25.2 Å². The van der Waals surface area contributed by atoms with Crippen LogP contribution in [0.5, 0.6) is 0 Å². The molecule has 6 heteroatoms. The van der Waals surface area contributed by atoms with E-state index in [-0.39, 0.29) is 19.1 Å². The molecular formula is C12H15ClN2O3. The van der Waals surface area contributed by atoms with Crippen molar-refractivity contribution in [2.24, 2.45) is 0 Å². The van der Waals surface area contributed by atoms with Crippen molar-refractivity contribution in [3.63, 3.8) is 0 Å². The van der Waals surface area contributed by atoms with Crippen molar-refractivity contribution < 1.29 is 14.3 Å². The van der Waals surface area contributed by atoms with Crippen LogP contribution >= 0.6 is 11.6 Å². The summed E-state index contributed by atoms with van der Waals surface area (Å²) in [6, 6.07) is 7.22. The van der Waals surface area contributed by atoms with Gasteiger partial charge in [0.2, 0.25) is 5.91 Å². The van der Waals surface area contributed by atoms with Gasteiger partial charge in [0.05, 0.1) is 6.61 Å². The van der Waals surface area contributed by atoms with Crippen LogP contribution in [0.15, 0.2) is 24.3 Å². The van der Waals surface area contributed by atoms with Gasteiger partial charge >= 0.3 is 6.09 Å². The van der Waals surface area contributed by atoms with Gasteiger partial charge in [0, 0.05) is 11.6 Å². The van der Waals surface area contributed by atoms with Crippen LogP contribution in [0.3, 0.4) is 0 Å². The van der Waals surface area contributed by atoms with Gasteiger partial charge in [0.25, 0.3) is 0 Å². The third kappa shape index (κ3) is 5.05. The molecule has 5 nitrogen and oxygen atoms in total. The SMILES string of the molecule is CCOC(=O)NCC(=O)NCc1ccccc1Cl. The Hall–Kier alpha value is -1.75. The first-order valence-electron chi connectivity index (χ1n) is 5.54. The van der Waals surface area contributed by atoms with Crippen molar-refractivity contribution in [3.8, 4) is 0 Å². The molecule has 1 aromatic rings. The van der Waals surface area contributed by atoms with Crippen molar-refractivity contribution in [2.75, 3.05) is 13.2 Å². The Morgan fingerprint density at radius 1 is 1.28 bits per heavy atom. The maximum atomic E-state index is 11.4. The van der Waals surface area contributed by atoms with Crippen molar-refractivity contribution in [2.45, 2.75) is 13.5 Å². The lowest BCUT2D eigenvalue weighted by Gasteiger charge is -2.07. The highest BCUT2D eigenvalue weighted by molar-refractivity contribution is 6.31. The Morgan fingerprint density at radius 3 is 2.67 bits per heavy atom. The zero-order valence-electron chi connectivity index (χ0n) is 10.0. The van der Waals surface area contributed by atoms with Crippen LogP contribution in [0.25, 0.3) is 0 Å². The van der Waals surface area contributed by atoms with E-state index in [4.69, 9.17) is 11.6 Å². The summed E-state index contributed by atoms with van der Waals surface area (Å²) in [4.78, 5) is 22.4. The minimum atomic E-state index is -0.606. The van der Waals surface area contributed by atoms with Crippen LogP contribution in [0.2, 0.25) is 5.02 Å². The first-order chi connectivity index (χ1) is 8.63. The van der Waals surface area contributed by atoms with Crippen LogP contribution in [0, 0.1) is 0 Å². The normalized spacial score (nSPS) is 9.67. The van der Waals surface area contributed by atoms with Gasteiger partial charge < -0.3 is 15.4 Å². The Kier molecular flexibility index (Phi) is 6.00. The fourth-order valence-electron chi connectivity index (χ4n) is 1.23. The van der Waals surface area contributed by atoms with Gasteiger partial charge in [-0.2, -0.15) is 0 Å². The predicted molar refractivity (Wildman–Crippen MR) is 68.3 cm³/mol. The summed E-state index contributed by atoms with van der Waals surface area (Å²) in [5, 5.41) is 5.57. The Bertz CT molecular complexity index is 424. The number of benzene rings is 1. The number of halogens is 1. The van der Waals surface area contributed by atoms with Gasteiger partial charge in [-0.05, 0) is 18.6 Å². The van der Waals surface area contributed by atoms with Gasteiger partial charge in [-0.3, -0.25) is 4.79 Å². The number of hydrogen-bond donors (Lipinski definition) is 2. The second-order valence-electron chi connectivity index (χ2n) is 3.44. The highest BCUT2D eigenvalue weighted by atomic mass is 35.5. The minimum Gasteiger partial charge on any atom is -0.450 e. The summed E-state index contributed by atoms with van der Waals surface area (Å²) >= 11 is 5.94. The second-order valence-corrected chi connectivity index (χ2v) is 3.85. The van der Waals surface area contributed by atoms with E-state index in [1.54, 1.807) is 13.0 Å². The summed E-state index contributed by atoms with van der Waals surface area (Å²) in [7, 11) is 0. The van der Waals surface area contributed by atoms with E-state index in [1.807, 2.05) is 18.2 Å². The molecule has 0 heterocycles. The molecule has 0 saturated heterocycles. The molecule has 2 N–H and O–H groups in total. The lowest BCUT2D eigenvalue weighted by Crippen LogP contribution is -2.36. The van der Waals surface area contributed by atoms with E-state index in [0.29, 0.717) is 11.6 Å². The molecule has 0 aliphatic carbocycles. The number of hydrogen-bond acceptors (Lipinski definition) is 3. The molecule has 0 unspecified atom stereocenters. The molecular weight excluding hydrogens is 256 g/mol. The largest absolute Gasteiger partial charge is 0.450 e. The first-order valence-corrected chi connectivity index (χ1v) is 5.92. The molecule has 2 amide bonds. The molecule has 0 aliphatic rings. The second kappa shape index (κ2) is 7.55. The fraction of sp³-hybridized carbons (Fsp3) is 0.333. The highest BCUT2D eigenvalue weighted by Gasteiger charge is 2.06. The summed E-state index contributed by atoms with van der Waals surface area (Å²) in [6.07, 6.45) is -0.606. The van der Waals surface area contributed by atoms with Gasteiger partial charge in [0.1, 0.15) is 6.54 Å². The fourth-order valence-corrected chi connectivity index (χ4v) is 1.44. The molecule has 98 valence electrons.